The van der Waals surface area contributed by atoms with Crippen molar-refractivity contribution < 1.29 is 4.79 Å². The first-order valence-corrected chi connectivity index (χ1v) is 8.13. The van der Waals surface area contributed by atoms with E-state index in [1.807, 2.05) is 13.0 Å². The number of pyridine rings is 1. The lowest BCUT2D eigenvalue weighted by Gasteiger charge is -2.12. The zero-order valence-corrected chi connectivity index (χ0v) is 13.5. The molecule has 2 heterocycles. The van der Waals surface area contributed by atoms with Crippen LogP contribution >= 0.6 is 11.8 Å². The molecule has 0 aromatic carbocycles. The number of nitrogens with two attached hydrogens (primary N) is 1. The third-order valence-corrected chi connectivity index (χ3v) is 3.99. The van der Waals surface area contributed by atoms with Crippen molar-refractivity contribution >= 4 is 17.7 Å². The molecule has 0 radical (unpaired) electrons. The minimum absolute atomic E-state index is 0.0307. The Labute approximate surface area is 133 Å². The van der Waals surface area contributed by atoms with Gasteiger partial charge in [-0.05, 0) is 25.5 Å². The first kappa shape index (κ1) is 16.3. The lowest BCUT2D eigenvalue weighted by atomic mass is 10.2. The number of rotatable bonds is 7. The summed E-state index contributed by atoms with van der Waals surface area (Å²) in [6.07, 6.45) is 5.36. The third kappa shape index (κ3) is 4.20. The largest absolute Gasteiger partial charge is 0.353 e. The first-order valence-electron chi connectivity index (χ1n) is 7.14. The fraction of sp³-hybridized carbons (Fsp3) is 0.429. The van der Waals surface area contributed by atoms with E-state index >= 15 is 0 Å². The molecule has 0 spiro atoms. The number of thioether (sulfide) groups is 1. The van der Waals surface area contributed by atoms with E-state index in [-0.39, 0.29) is 17.7 Å². The smallest absolute Gasteiger partial charge is 0.230 e. The Morgan fingerprint density at radius 2 is 2.32 bits per heavy atom. The van der Waals surface area contributed by atoms with Crippen LogP contribution in [0.2, 0.25) is 0 Å². The molecule has 2 aromatic heterocycles. The second kappa shape index (κ2) is 7.79. The van der Waals surface area contributed by atoms with Crippen molar-refractivity contribution in [2.75, 3.05) is 11.6 Å². The van der Waals surface area contributed by atoms with Crippen LogP contribution in [-0.2, 0) is 4.79 Å². The van der Waals surface area contributed by atoms with Crippen molar-refractivity contribution in [3.63, 3.8) is 0 Å². The van der Waals surface area contributed by atoms with E-state index in [4.69, 9.17) is 5.84 Å². The van der Waals surface area contributed by atoms with Crippen LogP contribution in [0.25, 0.3) is 11.4 Å². The molecule has 0 unspecified atom stereocenters. The molecule has 0 aliphatic carbocycles. The second-order valence-corrected chi connectivity index (χ2v) is 5.91. The molecule has 0 saturated heterocycles. The number of carbonyl (C=O) groups excluding carboxylic acids is 1. The summed E-state index contributed by atoms with van der Waals surface area (Å²) in [7, 11) is 0. The highest BCUT2D eigenvalue weighted by atomic mass is 32.2. The Morgan fingerprint density at radius 1 is 1.50 bits per heavy atom. The molecule has 8 heteroatoms. The lowest BCUT2D eigenvalue weighted by Crippen LogP contribution is -2.33. The summed E-state index contributed by atoms with van der Waals surface area (Å²) in [5.41, 5.74) is 0.783. The number of carbonyl (C=O) groups is 1. The zero-order valence-electron chi connectivity index (χ0n) is 12.7. The minimum atomic E-state index is -0.0307. The van der Waals surface area contributed by atoms with Crippen molar-refractivity contribution in [2.45, 2.75) is 37.9 Å². The summed E-state index contributed by atoms with van der Waals surface area (Å²) in [4.78, 5) is 15.9. The third-order valence-electron chi connectivity index (χ3n) is 3.05. The Morgan fingerprint density at radius 3 is 3.00 bits per heavy atom. The second-order valence-electron chi connectivity index (χ2n) is 4.96. The Bertz CT molecular complexity index is 615. The zero-order chi connectivity index (χ0) is 15.9. The van der Waals surface area contributed by atoms with E-state index in [9.17, 15) is 4.79 Å². The highest BCUT2D eigenvalue weighted by Crippen LogP contribution is 2.20. The maximum atomic E-state index is 11.8. The fourth-order valence-corrected chi connectivity index (χ4v) is 2.69. The van der Waals surface area contributed by atoms with Crippen molar-refractivity contribution in [3.8, 4) is 11.4 Å². The Balaban J connectivity index is 1.95. The predicted octanol–water partition coefficient (Wildman–Crippen LogP) is 1.45. The van der Waals surface area contributed by atoms with Gasteiger partial charge in [0.15, 0.2) is 5.82 Å². The molecule has 0 bridgehead atoms. The number of nitrogen functional groups attached to an aromatic ring is 1. The van der Waals surface area contributed by atoms with Gasteiger partial charge in [0.25, 0.3) is 0 Å². The molecule has 3 N–H and O–H groups in total. The van der Waals surface area contributed by atoms with E-state index in [0.29, 0.717) is 11.0 Å². The van der Waals surface area contributed by atoms with Gasteiger partial charge in [-0.3, -0.25) is 9.78 Å². The number of aromatic nitrogens is 4. The van der Waals surface area contributed by atoms with E-state index < -0.39 is 0 Å². The Hall–Kier alpha value is -2.09. The van der Waals surface area contributed by atoms with Gasteiger partial charge in [-0.2, -0.15) is 0 Å². The number of amides is 1. The molecule has 0 aliphatic rings. The molecular weight excluding hydrogens is 300 g/mol. The standard InChI is InChI=1S/C14H20N6OS/c1-3-5-10(2)17-12(21)9-22-14-19-18-13(20(14)15)11-6-4-7-16-8-11/h4,6-8,10H,3,5,9,15H2,1-2H3,(H,17,21)/t10-/m1/s1. The van der Waals surface area contributed by atoms with E-state index in [1.165, 1.54) is 16.4 Å². The van der Waals surface area contributed by atoms with Crippen LogP contribution in [0.1, 0.15) is 26.7 Å². The van der Waals surface area contributed by atoms with Gasteiger partial charge < -0.3 is 11.2 Å². The van der Waals surface area contributed by atoms with Crippen molar-refractivity contribution in [1.82, 2.24) is 25.2 Å². The summed E-state index contributed by atoms with van der Waals surface area (Å²) in [5, 5.41) is 11.5. The summed E-state index contributed by atoms with van der Waals surface area (Å²) < 4.78 is 1.38. The molecule has 118 valence electrons. The van der Waals surface area contributed by atoms with Gasteiger partial charge in [0.1, 0.15) is 0 Å². The van der Waals surface area contributed by atoms with Gasteiger partial charge >= 0.3 is 0 Å². The van der Waals surface area contributed by atoms with Crippen LogP contribution in [0, 0.1) is 0 Å². The van der Waals surface area contributed by atoms with Gasteiger partial charge in [-0.25, -0.2) is 4.68 Å². The van der Waals surface area contributed by atoms with Crippen LogP contribution in [0.4, 0.5) is 0 Å². The van der Waals surface area contributed by atoms with Crippen LogP contribution in [0.15, 0.2) is 29.7 Å². The molecule has 7 nitrogen and oxygen atoms in total. The molecule has 1 atom stereocenters. The molecule has 1 amide bonds. The van der Waals surface area contributed by atoms with Crippen LogP contribution in [0.3, 0.4) is 0 Å². The number of hydrogen-bond donors (Lipinski definition) is 2. The molecule has 0 saturated carbocycles. The van der Waals surface area contributed by atoms with Crippen LogP contribution in [-0.4, -0.2) is 37.6 Å². The summed E-state index contributed by atoms with van der Waals surface area (Å²) in [6, 6.07) is 3.84. The molecule has 0 aliphatic heterocycles. The molecule has 2 aromatic rings. The van der Waals surface area contributed by atoms with Crippen molar-refractivity contribution in [1.29, 1.82) is 0 Å². The van der Waals surface area contributed by atoms with Crippen molar-refractivity contribution in [2.24, 2.45) is 0 Å². The average molecular weight is 320 g/mol. The highest BCUT2D eigenvalue weighted by Gasteiger charge is 2.14. The normalized spacial score (nSPS) is 12.1. The molecular formula is C14H20N6OS. The molecule has 0 fully saturated rings. The summed E-state index contributed by atoms with van der Waals surface area (Å²) in [6.45, 7) is 4.09. The highest BCUT2D eigenvalue weighted by molar-refractivity contribution is 7.99. The predicted molar refractivity (Wildman–Crippen MR) is 86.6 cm³/mol. The SMILES string of the molecule is CCC[C@@H](C)NC(=O)CSc1nnc(-c2cccnc2)n1N. The average Bonchev–Trinajstić information content (AvgIpc) is 2.87. The van der Waals surface area contributed by atoms with E-state index in [1.54, 1.807) is 18.5 Å². The topological polar surface area (TPSA) is 98.7 Å². The van der Waals surface area contributed by atoms with Gasteiger partial charge in [-0.1, -0.05) is 25.1 Å². The molecule has 22 heavy (non-hydrogen) atoms. The van der Waals surface area contributed by atoms with Gasteiger partial charge in [-0.15, -0.1) is 10.2 Å². The maximum Gasteiger partial charge on any atom is 0.230 e. The lowest BCUT2D eigenvalue weighted by molar-refractivity contribution is -0.119. The van der Waals surface area contributed by atoms with Gasteiger partial charge in [0.05, 0.1) is 5.75 Å². The van der Waals surface area contributed by atoms with Crippen molar-refractivity contribution in [3.05, 3.63) is 24.5 Å². The monoisotopic (exact) mass is 320 g/mol. The van der Waals surface area contributed by atoms with Gasteiger partial charge in [0, 0.05) is 24.0 Å². The van der Waals surface area contributed by atoms with Gasteiger partial charge in [0.2, 0.25) is 11.1 Å². The fourth-order valence-electron chi connectivity index (χ4n) is 2.02. The Kier molecular flexibility index (Phi) is 5.76. The maximum absolute atomic E-state index is 11.8. The summed E-state index contributed by atoms with van der Waals surface area (Å²) >= 11 is 1.26. The summed E-state index contributed by atoms with van der Waals surface area (Å²) in [5.74, 6) is 6.74. The number of nitrogens with one attached hydrogen (secondary N) is 1. The molecule has 2 rings (SSSR count). The number of nitrogens with zero attached hydrogens (tertiary/aromatic N) is 4. The van der Waals surface area contributed by atoms with E-state index in [0.717, 1.165) is 18.4 Å². The van der Waals surface area contributed by atoms with E-state index in [2.05, 4.69) is 27.4 Å². The van der Waals surface area contributed by atoms with Crippen LogP contribution < -0.4 is 11.2 Å². The quantitative estimate of drug-likeness (QED) is 0.592. The van der Waals surface area contributed by atoms with Crippen LogP contribution in [0.5, 0.6) is 0 Å². The minimum Gasteiger partial charge on any atom is -0.353 e. The first-order chi connectivity index (χ1) is 10.6. The number of hydrogen-bond acceptors (Lipinski definition) is 6.